The van der Waals surface area contributed by atoms with Gasteiger partial charge in [0.15, 0.2) is 5.82 Å². The van der Waals surface area contributed by atoms with E-state index in [-0.39, 0.29) is 6.04 Å². The lowest BCUT2D eigenvalue weighted by atomic mass is 10.1. The number of aromatic nitrogens is 4. The average molecular weight is 362 g/mol. The van der Waals surface area contributed by atoms with Crippen LogP contribution in [0.1, 0.15) is 38.2 Å². The summed E-state index contributed by atoms with van der Waals surface area (Å²) in [5.41, 5.74) is 6.68. The highest BCUT2D eigenvalue weighted by molar-refractivity contribution is 5.67. The van der Waals surface area contributed by atoms with E-state index in [4.69, 9.17) is 15.2 Å². The maximum Gasteiger partial charge on any atom is 0.407 e. The third kappa shape index (κ3) is 6.32. The number of nitrogens with zero attached hydrogens (tertiary/aromatic N) is 4. The number of nitrogens with two attached hydrogens (primary N) is 1. The molecule has 1 aromatic heterocycles. The maximum absolute atomic E-state index is 11.6. The fourth-order valence-corrected chi connectivity index (χ4v) is 2.18. The summed E-state index contributed by atoms with van der Waals surface area (Å²) in [5, 5.41) is 14.9. The van der Waals surface area contributed by atoms with Gasteiger partial charge >= 0.3 is 6.09 Å². The zero-order chi connectivity index (χ0) is 19.2. The van der Waals surface area contributed by atoms with Crippen LogP contribution in [0.3, 0.4) is 0 Å². The van der Waals surface area contributed by atoms with Crippen molar-refractivity contribution < 1.29 is 14.3 Å². The molecule has 1 heterocycles. The summed E-state index contributed by atoms with van der Waals surface area (Å²) >= 11 is 0. The molecule has 0 saturated carbocycles. The summed E-state index contributed by atoms with van der Waals surface area (Å²) in [6.07, 6.45) is 0.111. The third-order valence-corrected chi connectivity index (χ3v) is 3.39. The van der Waals surface area contributed by atoms with E-state index in [1.807, 2.05) is 45.0 Å². The van der Waals surface area contributed by atoms with Gasteiger partial charge in [-0.25, -0.2) is 4.79 Å². The van der Waals surface area contributed by atoms with Crippen molar-refractivity contribution in [2.24, 2.45) is 5.73 Å². The molecule has 2 aromatic rings. The number of hydrogen-bond acceptors (Lipinski definition) is 7. The highest BCUT2D eigenvalue weighted by atomic mass is 16.6. The number of hydrogen-bond donors (Lipinski definition) is 2. The third-order valence-electron chi connectivity index (χ3n) is 3.39. The number of nitrogens with one attached hydrogen (secondary N) is 1. The van der Waals surface area contributed by atoms with Crippen LogP contribution < -0.4 is 15.8 Å². The van der Waals surface area contributed by atoms with Crippen molar-refractivity contribution in [3.8, 4) is 5.75 Å². The van der Waals surface area contributed by atoms with Crippen LogP contribution in [0.4, 0.5) is 4.79 Å². The minimum atomic E-state index is -0.531. The van der Waals surface area contributed by atoms with Crippen LogP contribution in [0, 0.1) is 0 Å². The van der Waals surface area contributed by atoms with E-state index in [9.17, 15) is 4.79 Å². The van der Waals surface area contributed by atoms with Gasteiger partial charge in [0.1, 0.15) is 11.4 Å². The Morgan fingerprint density at radius 3 is 2.62 bits per heavy atom. The monoisotopic (exact) mass is 362 g/mol. The highest BCUT2D eigenvalue weighted by Gasteiger charge is 2.16. The van der Waals surface area contributed by atoms with Crippen LogP contribution in [-0.4, -0.2) is 45.6 Å². The molecule has 1 aromatic carbocycles. The van der Waals surface area contributed by atoms with Crippen LogP contribution in [0.25, 0.3) is 0 Å². The normalized spacial score (nSPS) is 12.5. The van der Waals surface area contributed by atoms with Gasteiger partial charge in [-0.15, -0.1) is 10.2 Å². The van der Waals surface area contributed by atoms with E-state index in [0.29, 0.717) is 25.3 Å². The van der Waals surface area contributed by atoms with Gasteiger partial charge in [0.05, 0.1) is 19.7 Å². The number of carbonyl (C=O) groups is 1. The predicted octanol–water partition coefficient (Wildman–Crippen LogP) is 1.45. The van der Waals surface area contributed by atoms with Gasteiger partial charge < -0.3 is 20.5 Å². The fourth-order valence-electron chi connectivity index (χ4n) is 2.18. The number of rotatable bonds is 7. The zero-order valence-corrected chi connectivity index (χ0v) is 15.6. The zero-order valence-electron chi connectivity index (χ0n) is 15.6. The number of carbonyl (C=O) groups excluding carboxylic acids is 1. The van der Waals surface area contributed by atoms with Crippen LogP contribution in [0.5, 0.6) is 5.75 Å². The lowest BCUT2D eigenvalue weighted by Gasteiger charge is -2.19. The topological polar surface area (TPSA) is 117 Å². The van der Waals surface area contributed by atoms with E-state index >= 15 is 0 Å². The number of benzene rings is 1. The van der Waals surface area contributed by atoms with E-state index in [1.165, 1.54) is 4.80 Å². The van der Waals surface area contributed by atoms with Gasteiger partial charge in [-0.3, -0.25) is 0 Å². The second kappa shape index (κ2) is 8.61. The lowest BCUT2D eigenvalue weighted by molar-refractivity contribution is 0.0525. The van der Waals surface area contributed by atoms with Crippen molar-refractivity contribution in [3.63, 3.8) is 0 Å². The second-order valence-electron chi connectivity index (χ2n) is 6.83. The molecule has 0 bridgehead atoms. The molecule has 0 aliphatic carbocycles. The van der Waals surface area contributed by atoms with Crippen LogP contribution in [-0.2, 0) is 17.7 Å². The number of tetrazole rings is 1. The minimum Gasteiger partial charge on any atom is -0.497 e. The molecule has 1 amide bonds. The smallest absolute Gasteiger partial charge is 0.407 e. The molecule has 26 heavy (non-hydrogen) atoms. The summed E-state index contributed by atoms with van der Waals surface area (Å²) in [7, 11) is 1.63. The van der Waals surface area contributed by atoms with Crippen molar-refractivity contribution in [1.82, 2.24) is 25.5 Å². The van der Waals surface area contributed by atoms with E-state index in [2.05, 4.69) is 20.7 Å². The molecule has 2 rings (SSSR count). The average Bonchev–Trinajstić information content (AvgIpc) is 3.03. The molecule has 0 aliphatic rings. The van der Waals surface area contributed by atoms with Gasteiger partial charge in [-0.2, -0.15) is 4.80 Å². The summed E-state index contributed by atoms with van der Waals surface area (Å²) in [6.45, 7) is 6.13. The molecule has 0 unspecified atom stereocenters. The van der Waals surface area contributed by atoms with Crippen molar-refractivity contribution >= 4 is 6.09 Å². The Bertz CT molecular complexity index is 708. The Morgan fingerprint density at radius 1 is 1.31 bits per heavy atom. The maximum atomic E-state index is 11.6. The summed E-state index contributed by atoms with van der Waals surface area (Å²) in [4.78, 5) is 13.0. The number of methoxy groups -OCH3 is 1. The first-order chi connectivity index (χ1) is 12.3. The van der Waals surface area contributed by atoms with E-state index < -0.39 is 11.7 Å². The molecule has 0 radical (unpaired) electrons. The Morgan fingerprint density at radius 2 is 2.00 bits per heavy atom. The Kier molecular flexibility index (Phi) is 6.51. The SMILES string of the molecule is COc1ccc(C[C@H](N)c2nnn(CCNC(=O)OC(C)(C)C)n2)cc1. The first kappa shape index (κ1) is 19.6. The molecule has 3 N–H and O–H groups in total. The molecule has 9 nitrogen and oxygen atoms in total. The summed E-state index contributed by atoms with van der Waals surface area (Å²) in [5.74, 6) is 1.25. The highest BCUT2D eigenvalue weighted by Crippen LogP contribution is 2.16. The predicted molar refractivity (Wildman–Crippen MR) is 95.7 cm³/mol. The largest absolute Gasteiger partial charge is 0.497 e. The van der Waals surface area contributed by atoms with Gasteiger partial charge in [0, 0.05) is 6.54 Å². The molecule has 0 saturated heterocycles. The van der Waals surface area contributed by atoms with Crippen molar-refractivity contribution in [2.45, 2.75) is 45.4 Å². The molecule has 0 fully saturated rings. The molecule has 0 aliphatic heterocycles. The van der Waals surface area contributed by atoms with Crippen molar-refractivity contribution in [2.75, 3.05) is 13.7 Å². The first-order valence-electron chi connectivity index (χ1n) is 8.40. The molecular formula is C17H26N6O3. The standard InChI is InChI=1S/C17H26N6O3/c1-17(2,3)26-16(24)19-9-10-23-21-15(20-22-23)14(18)11-12-5-7-13(25-4)8-6-12/h5-8,14H,9-11,18H2,1-4H3,(H,19,24)/t14-/m0/s1. The molecule has 142 valence electrons. The molecule has 0 spiro atoms. The van der Waals surface area contributed by atoms with Crippen molar-refractivity contribution in [1.29, 1.82) is 0 Å². The van der Waals surface area contributed by atoms with Crippen molar-refractivity contribution in [3.05, 3.63) is 35.7 Å². The number of ether oxygens (including phenoxy) is 2. The Hall–Kier alpha value is -2.68. The number of alkyl carbamates (subject to hydrolysis) is 1. The first-order valence-corrected chi connectivity index (χ1v) is 8.40. The fraction of sp³-hybridized carbons (Fsp3) is 0.529. The van der Waals surface area contributed by atoms with E-state index in [0.717, 1.165) is 11.3 Å². The van der Waals surface area contributed by atoms with Gasteiger partial charge in [0.25, 0.3) is 0 Å². The van der Waals surface area contributed by atoms with Gasteiger partial charge in [-0.1, -0.05) is 12.1 Å². The van der Waals surface area contributed by atoms with Crippen LogP contribution in [0.15, 0.2) is 24.3 Å². The quantitative estimate of drug-likeness (QED) is 0.765. The number of amides is 1. The van der Waals surface area contributed by atoms with E-state index in [1.54, 1.807) is 7.11 Å². The molecule has 9 heteroatoms. The summed E-state index contributed by atoms with van der Waals surface area (Å²) in [6, 6.07) is 7.31. The second-order valence-corrected chi connectivity index (χ2v) is 6.83. The lowest BCUT2D eigenvalue weighted by Crippen LogP contribution is -2.34. The van der Waals surface area contributed by atoms with Crippen LogP contribution in [0.2, 0.25) is 0 Å². The molecular weight excluding hydrogens is 336 g/mol. The Labute approximate surface area is 152 Å². The van der Waals surface area contributed by atoms with Crippen LogP contribution >= 0.6 is 0 Å². The summed E-state index contributed by atoms with van der Waals surface area (Å²) < 4.78 is 10.3. The van der Waals surface area contributed by atoms with Gasteiger partial charge in [-0.05, 0) is 50.1 Å². The van der Waals surface area contributed by atoms with Gasteiger partial charge in [0.2, 0.25) is 0 Å². The minimum absolute atomic E-state index is 0.332. The molecule has 1 atom stereocenters. The Balaban J connectivity index is 1.81.